The fraction of sp³-hybridized carbons (Fsp3) is 0.417. The Labute approximate surface area is 94.4 Å². The lowest BCUT2D eigenvalue weighted by Gasteiger charge is -2.26. The second-order valence-corrected chi connectivity index (χ2v) is 3.90. The molecule has 1 aromatic rings. The molecular formula is C12H15NO3. The number of amides is 1. The molecule has 4 nitrogen and oxygen atoms in total. The van der Waals surface area contributed by atoms with Crippen molar-refractivity contribution in [3.63, 3.8) is 0 Å². The normalized spacial score (nSPS) is 21.9. The van der Waals surface area contributed by atoms with Gasteiger partial charge in [0.05, 0.1) is 25.7 Å². The first kappa shape index (κ1) is 11.0. The Balaban J connectivity index is 2.31. The standard InChI is InChI=1S/C12H15NO3/c1-13-10(8-16-7-6-12(13)15)9-4-2-3-5-11(9)14/h2-5,10,14H,6-8H2,1H3. The SMILES string of the molecule is CN1C(=O)CCOCC1c1ccccc1O. The molecule has 1 aliphatic heterocycles. The van der Waals surface area contributed by atoms with Crippen LogP contribution >= 0.6 is 0 Å². The molecule has 1 saturated heterocycles. The van der Waals surface area contributed by atoms with Gasteiger partial charge < -0.3 is 14.7 Å². The van der Waals surface area contributed by atoms with Gasteiger partial charge in [-0.3, -0.25) is 4.79 Å². The van der Waals surface area contributed by atoms with Gasteiger partial charge in [0.25, 0.3) is 0 Å². The van der Waals surface area contributed by atoms with Crippen LogP contribution in [-0.4, -0.2) is 36.2 Å². The van der Waals surface area contributed by atoms with Gasteiger partial charge in [-0.05, 0) is 6.07 Å². The van der Waals surface area contributed by atoms with E-state index in [4.69, 9.17) is 4.74 Å². The van der Waals surface area contributed by atoms with E-state index in [1.165, 1.54) is 0 Å². The van der Waals surface area contributed by atoms with E-state index < -0.39 is 0 Å². The van der Waals surface area contributed by atoms with Gasteiger partial charge in [0, 0.05) is 12.6 Å². The first-order valence-electron chi connectivity index (χ1n) is 5.31. The molecule has 0 aliphatic carbocycles. The van der Waals surface area contributed by atoms with Crippen molar-refractivity contribution >= 4 is 5.91 Å². The summed E-state index contributed by atoms with van der Waals surface area (Å²) in [4.78, 5) is 13.3. The van der Waals surface area contributed by atoms with Crippen LogP contribution in [0, 0.1) is 0 Å². The third-order valence-electron chi connectivity index (χ3n) is 2.89. The fourth-order valence-corrected chi connectivity index (χ4v) is 1.88. The van der Waals surface area contributed by atoms with Crippen LogP contribution < -0.4 is 0 Å². The van der Waals surface area contributed by atoms with E-state index in [0.29, 0.717) is 19.6 Å². The number of para-hydroxylation sites is 1. The second-order valence-electron chi connectivity index (χ2n) is 3.90. The van der Waals surface area contributed by atoms with Gasteiger partial charge in [0.1, 0.15) is 5.75 Å². The van der Waals surface area contributed by atoms with Crippen molar-refractivity contribution in [2.75, 3.05) is 20.3 Å². The van der Waals surface area contributed by atoms with Gasteiger partial charge in [0.15, 0.2) is 0 Å². The van der Waals surface area contributed by atoms with Crippen LogP contribution in [-0.2, 0) is 9.53 Å². The average molecular weight is 221 g/mol. The van der Waals surface area contributed by atoms with Crippen LogP contribution in [0.2, 0.25) is 0 Å². The Morgan fingerprint density at radius 3 is 2.94 bits per heavy atom. The Kier molecular flexibility index (Phi) is 3.10. The minimum Gasteiger partial charge on any atom is -0.508 e. The Hall–Kier alpha value is -1.55. The monoisotopic (exact) mass is 221 g/mol. The first-order chi connectivity index (χ1) is 7.70. The summed E-state index contributed by atoms with van der Waals surface area (Å²) < 4.78 is 5.38. The highest BCUT2D eigenvalue weighted by atomic mass is 16.5. The van der Waals surface area contributed by atoms with E-state index in [-0.39, 0.29) is 17.7 Å². The molecule has 0 bridgehead atoms. The summed E-state index contributed by atoms with van der Waals surface area (Å²) in [5.74, 6) is 0.253. The summed E-state index contributed by atoms with van der Waals surface area (Å²) in [6, 6.07) is 6.85. The quantitative estimate of drug-likeness (QED) is 0.778. The van der Waals surface area contributed by atoms with Crippen LogP contribution in [0.15, 0.2) is 24.3 Å². The van der Waals surface area contributed by atoms with Crippen molar-refractivity contribution in [1.82, 2.24) is 4.90 Å². The maximum atomic E-state index is 11.7. The summed E-state index contributed by atoms with van der Waals surface area (Å²) in [5, 5.41) is 9.77. The highest BCUT2D eigenvalue weighted by molar-refractivity contribution is 5.76. The van der Waals surface area contributed by atoms with Crippen LogP contribution in [0.3, 0.4) is 0 Å². The number of hydrogen-bond donors (Lipinski definition) is 1. The number of phenols is 1. The number of phenolic OH excluding ortho intramolecular Hbond substituents is 1. The Morgan fingerprint density at radius 1 is 1.44 bits per heavy atom. The summed E-state index contributed by atoms with van der Waals surface area (Å²) in [6.45, 7) is 0.882. The van der Waals surface area contributed by atoms with Gasteiger partial charge in [-0.2, -0.15) is 0 Å². The molecule has 1 amide bonds. The Bertz CT molecular complexity index is 392. The number of hydrogen-bond acceptors (Lipinski definition) is 3. The number of nitrogens with zero attached hydrogens (tertiary/aromatic N) is 1. The minimum absolute atomic E-state index is 0.0470. The van der Waals surface area contributed by atoms with Gasteiger partial charge in [-0.15, -0.1) is 0 Å². The maximum Gasteiger partial charge on any atom is 0.225 e. The van der Waals surface area contributed by atoms with Crippen LogP contribution in [0.4, 0.5) is 0 Å². The molecule has 0 spiro atoms. The molecular weight excluding hydrogens is 206 g/mol. The predicted molar refractivity (Wildman–Crippen MR) is 59.1 cm³/mol. The lowest BCUT2D eigenvalue weighted by Crippen LogP contribution is -2.31. The number of benzene rings is 1. The molecule has 1 heterocycles. The molecule has 1 atom stereocenters. The molecule has 1 aromatic carbocycles. The number of likely N-dealkylation sites (N-methyl/N-ethyl adjacent to an activating group) is 1. The number of carbonyl (C=O) groups is 1. The average Bonchev–Trinajstić information content (AvgIpc) is 2.44. The highest BCUT2D eigenvalue weighted by Gasteiger charge is 2.26. The van der Waals surface area contributed by atoms with E-state index in [9.17, 15) is 9.90 Å². The zero-order valence-corrected chi connectivity index (χ0v) is 9.22. The number of aromatic hydroxyl groups is 1. The third-order valence-corrected chi connectivity index (χ3v) is 2.89. The fourth-order valence-electron chi connectivity index (χ4n) is 1.88. The second kappa shape index (κ2) is 4.53. The molecule has 4 heteroatoms. The molecule has 16 heavy (non-hydrogen) atoms. The summed E-state index contributed by atoms with van der Waals surface area (Å²) in [5.41, 5.74) is 0.736. The lowest BCUT2D eigenvalue weighted by molar-refractivity contribution is -0.131. The van der Waals surface area contributed by atoms with E-state index in [1.54, 1.807) is 24.1 Å². The number of carbonyl (C=O) groups excluding carboxylic acids is 1. The predicted octanol–water partition coefficient (Wildman–Crippen LogP) is 1.31. The number of ether oxygens (including phenoxy) is 1. The van der Waals surface area contributed by atoms with Crippen LogP contribution in [0.5, 0.6) is 5.75 Å². The third kappa shape index (κ3) is 2.02. The zero-order valence-electron chi connectivity index (χ0n) is 9.22. The van der Waals surface area contributed by atoms with Gasteiger partial charge >= 0.3 is 0 Å². The molecule has 0 aromatic heterocycles. The topological polar surface area (TPSA) is 49.8 Å². The van der Waals surface area contributed by atoms with Gasteiger partial charge in [-0.25, -0.2) is 0 Å². The largest absolute Gasteiger partial charge is 0.508 e. The van der Waals surface area contributed by atoms with Crippen molar-refractivity contribution in [2.24, 2.45) is 0 Å². The molecule has 86 valence electrons. The van der Waals surface area contributed by atoms with Gasteiger partial charge in [0.2, 0.25) is 5.91 Å². The molecule has 2 rings (SSSR count). The first-order valence-corrected chi connectivity index (χ1v) is 5.31. The zero-order chi connectivity index (χ0) is 11.5. The van der Waals surface area contributed by atoms with Crippen molar-refractivity contribution in [1.29, 1.82) is 0 Å². The van der Waals surface area contributed by atoms with E-state index in [2.05, 4.69) is 0 Å². The highest BCUT2D eigenvalue weighted by Crippen LogP contribution is 2.29. The van der Waals surface area contributed by atoms with Crippen molar-refractivity contribution < 1.29 is 14.6 Å². The smallest absolute Gasteiger partial charge is 0.225 e. The minimum atomic E-state index is -0.198. The van der Waals surface area contributed by atoms with E-state index >= 15 is 0 Å². The maximum absolute atomic E-state index is 11.7. The molecule has 1 unspecified atom stereocenters. The molecule has 0 saturated carbocycles. The summed E-state index contributed by atoms with van der Waals surface area (Å²) in [6.07, 6.45) is 0.403. The van der Waals surface area contributed by atoms with Crippen LogP contribution in [0.25, 0.3) is 0 Å². The van der Waals surface area contributed by atoms with Crippen molar-refractivity contribution in [2.45, 2.75) is 12.5 Å². The van der Waals surface area contributed by atoms with Gasteiger partial charge in [-0.1, -0.05) is 18.2 Å². The van der Waals surface area contributed by atoms with Crippen LogP contribution in [0.1, 0.15) is 18.0 Å². The van der Waals surface area contributed by atoms with Crippen molar-refractivity contribution in [3.05, 3.63) is 29.8 Å². The number of rotatable bonds is 1. The Morgan fingerprint density at radius 2 is 2.19 bits per heavy atom. The molecule has 1 aliphatic rings. The lowest BCUT2D eigenvalue weighted by atomic mass is 10.1. The van der Waals surface area contributed by atoms with E-state index in [0.717, 1.165) is 5.56 Å². The summed E-state index contributed by atoms with van der Waals surface area (Å²) >= 11 is 0. The summed E-state index contributed by atoms with van der Waals surface area (Å²) in [7, 11) is 1.74. The molecule has 1 N–H and O–H groups in total. The van der Waals surface area contributed by atoms with E-state index in [1.807, 2.05) is 12.1 Å². The molecule has 0 radical (unpaired) electrons. The molecule has 1 fully saturated rings. The van der Waals surface area contributed by atoms with Crippen molar-refractivity contribution in [3.8, 4) is 5.75 Å².